The Morgan fingerprint density at radius 2 is 2.31 bits per heavy atom. The van der Waals surface area contributed by atoms with Gasteiger partial charge >= 0.3 is 0 Å². The molecule has 1 atom stereocenters. The zero-order valence-corrected chi connectivity index (χ0v) is 8.04. The largest absolute Gasteiger partial charge is 0.368 e. The van der Waals surface area contributed by atoms with E-state index in [1.807, 2.05) is 6.07 Å². The number of aromatic nitrogens is 1. The average molecular weight is 202 g/mol. The Bertz CT molecular complexity index is 265. The van der Waals surface area contributed by atoms with E-state index in [4.69, 9.17) is 5.73 Å². The van der Waals surface area contributed by atoms with E-state index in [0.717, 1.165) is 0 Å². The van der Waals surface area contributed by atoms with Crippen LogP contribution in [0.2, 0.25) is 0 Å². The standard InChI is InChI=1S/C8H11N3O.ClH/c1-6(8(9)12)11-7-4-2-3-5-10-7;/h2-6H,1H3,(H2,9,12)(H,10,11);1H/t6-;/m1./s1. The second kappa shape index (κ2) is 5.37. The first kappa shape index (κ1) is 11.7. The lowest BCUT2D eigenvalue weighted by molar-refractivity contribution is -0.118. The van der Waals surface area contributed by atoms with E-state index in [2.05, 4.69) is 10.3 Å². The van der Waals surface area contributed by atoms with Crippen LogP contribution in [0.3, 0.4) is 0 Å². The Morgan fingerprint density at radius 1 is 1.62 bits per heavy atom. The monoisotopic (exact) mass is 201 g/mol. The van der Waals surface area contributed by atoms with Crippen LogP contribution >= 0.6 is 12.4 Å². The summed E-state index contributed by atoms with van der Waals surface area (Å²) in [6.07, 6.45) is 1.65. The summed E-state index contributed by atoms with van der Waals surface area (Å²) in [6.45, 7) is 1.69. The predicted octanol–water partition coefficient (Wildman–Crippen LogP) is 0.789. The van der Waals surface area contributed by atoms with E-state index in [1.54, 1.807) is 25.3 Å². The normalized spacial score (nSPS) is 11.2. The quantitative estimate of drug-likeness (QED) is 0.760. The molecule has 0 fully saturated rings. The van der Waals surface area contributed by atoms with Gasteiger partial charge in [0.2, 0.25) is 5.91 Å². The molecule has 1 rings (SSSR count). The first-order valence-electron chi connectivity index (χ1n) is 3.67. The van der Waals surface area contributed by atoms with Gasteiger partial charge in [0, 0.05) is 6.20 Å². The Balaban J connectivity index is 0.00000144. The molecule has 5 heteroatoms. The number of nitrogens with one attached hydrogen (secondary N) is 1. The van der Waals surface area contributed by atoms with Gasteiger partial charge in [-0.05, 0) is 19.1 Å². The molecule has 72 valence electrons. The highest BCUT2D eigenvalue weighted by Gasteiger charge is 2.07. The molecule has 0 aliphatic carbocycles. The van der Waals surface area contributed by atoms with Crippen molar-refractivity contribution in [3.8, 4) is 0 Å². The van der Waals surface area contributed by atoms with Crippen LogP contribution in [-0.2, 0) is 4.79 Å². The van der Waals surface area contributed by atoms with Crippen molar-refractivity contribution in [2.75, 3.05) is 5.32 Å². The minimum absolute atomic E-state index is 0. The number of hydrogen-bond acceptors (Lipinski definition) is 3. The lowest BCUT2D eigenvalue weighted by atomic mass is 10.3. The van der Waals surface area contributed by atoms with E-state index < -0.39 is 0 Å². The average Bonchev–Trinajstić information content (AvgIpc) is 2.06. The van der Waals surface area contributed by atoms with Crippen molar-refractivity contribution >= 4 is 24.1 Å². The van der Waals surface area contributed by atoms with E-state index in [9.17, 15) is 4.79 Å². The van der Waals surface area contributed by atoms with Gasteiger partial charge in [-0.25, -0.2) is 4.98 Å². The first-order chi connectivity index (χ1) is 5.70. The molecule has 3 N–H and O–H groups in total. The Hall–Kier alpha value is -1.29. The molecule has 0 aromatic carbocycles. The lowest BCUT2D eigenvalue weighted by Gasteiger charge is -2.09. The SMILES string of the molecule is C[C@@H](Nc1ccccn1)C(N)=O.Cl. The summed E-state index contributed by atoms with van der Waals surface area (Å²) in [7, 11) is 0. The molecular formula is C8H12ClN3O. The molecule has 1 aromatic heterocycles. The number of amides is 1. The maximum atomic E-state index is 10.6. The summed E-state index contributed by atoms with van der Waals surface area (Å²) < 4.78 is 0. The highest BCUT2D eigenvalue weighted by molar-refractivity contribution is 5.85. The number of halogens is 1. The lowest BCUT2D eigenvalue weighted by Crippen LogP contribution is -2.32. The molecule has 1 amide bonds. The van der Waals surface area contributed by atoms with Gasteiger partial charge in [0.05, 0.1) is 0 Å². The molecule has 0 saturated heterocycles. The summed E-state index contributed by atoms with van der Waals surface area (Å²) in [4.78, 5) is 14.6. The zero-order valence-electron chi connectivity index (χ0n) is 7.23. The van der Waals surface area contributed by atoms with E-state index in [-0.39, 0.29) is 24.4 Å². The number of nitrogens with zero attached hydrogens (tertiary/aromatic N) is 1. The van der Waals surface area contributed by atoms with Gasteiger partial charge in [0.1, 0.15) is 11.9 Å². The first-order valence-corrected chi connectivity index (χ1v) is 3.67. The molecular weight excluding hydrogens is 190 g/mol. The maximum absolute atomic E-state index is 10.6. The van der Waals surface area contributed by atoms with Gasteiger partial charge in [-0.1, -0.05) is 6.07 Å². The Labute approximate surface area is 83.0 Å². The van der Waals surface area contributed by atoms with Crippen molar-refractivity contribution in [1.82, 2.24) is 4.98 Å². The molecule has 0 aliphatic rings. The number of hydrogen-bond donors (Lipinski definition) is 2. The van der Waals surface area contributed by atoms with Crippen molar-refractivity contribution < 1.29 is 4.79 Å². The van der Waals surface area contributed by atoms with Crippen molar-refractivity contribution in [2.45, 2.75) is 13.0 Å². The van der Waals surface area contributed by atoms with Crippen LogP contribution in [0.5, 0.6) is 0 Å². The van der Waals surface area contributed by atoms with Gasteiger partial charge in [0.25, 0.3) is 0 Å². The van der Waals surface area contributed by atoms with E-state index in [0.29, 0.717) is 5.82 Å². The number of carbonyl (C=O) groups is 1. The summed E-state index contributed by atoms with van der Waals surface area (Å²) in [5.74, 6) is 0.268. The van der Waals surface area contributed by atoms with Crippen LogP contribution in [0.25, 0.3) is 0 Å². The van der Waals surface area contributed by atoms with E-state index in [1.165, 1.54) is 0 Å². The fourth-order valence-electron chi connectivity index (χ4n) is 0.741. The molecule has 0 radical (unpaired) electrons. The maximum Gasteiger partial charge on any atom is 0.239 e. The number of pyridine rings is 1. The third kappa shape index (κ3) is 3.75. The fraction of sp³-hybridized carbons (Fsp3) is 0.250. The van der Waals surface area contributed by atoms with Crippen molar-refractivity contribution in [3.63, 3.8) is 0 Å². The van der Waals surface area contributed by atoms with Crippen LogP contribution in [0.1, 0.15) is 6.92 Å². The van der Waals surface area contributed by atoms with Gasteiger partial charge in [-0.3, -0.25) is 4.79 Å². The van der Waals surface area contributed by atoms with Crippen LogP contribution in [0.4, 0.5) is 5.82 Å². The van der Waals surface area contributed by atoms with Crippen LogP contribution in [0, 0.1) is 0 Å². The highest BCUT2D eigenvalue weighted by atomic mass is 35.5. The zero-order chi connectivity index (χ0) is 8.97. The third-order valence-corrected chi connectivity index (χ3v) is 1.46. The van der Waals surface area contributed by atoms with Crippen molar-refractivity contribution in [2.24, 2.45) is 5.73 Å². The number of rotatable bonds is 3. The molecule has 1 heterocycles. The van der Waals surface area contributed by atoms with E-state index >= 15 is 0 Å². The molecule has 0 unspecified atom stereocenters. The van der Waals surface area contributed by atoms with Crippen LogP contribution < -0.4 is 11.1 Å². The second-order valence-corrected chi connectivity index (χ2v) is 2.48. The Kier molecular flexibility index (Phi) is 4.84. The van der Waals surface area contributed by atoms with Gasteiger partial charge < -0.3 is 11.1 Å². The Morgan fingerprint density at radius 3 is 2.77 bits per heavy atom. The van der Waals surface area contributed by atoms with Crippen LogP contribution in [0.15, 0.2) is 24.4 Å². The molecule has 0 saturated carbocycles. The summed E-state index contributed by atoms with van der Waals surface area (Å²) in [5, 5.41) is 2.86. The third-order valence-electron chi connectivity index (χ3n) is 1.46. The molecule has 0 bridgehead atoms. The number of nitrogens with two attached hydrogens (primary N) is 1. The molecule has 4 nitrogen and oxygen atoms in total. The minimum Gasteiger partial charge on any atom is -0.368 e. The van der Waals surface area contributed by atoms with Crippen molar-refractivity contribution in [1.29, 1.82) is 0 Å². The van der Waals surface area contributed by atoms with Crippen LogP contribution in [-0.4, -0.2) is 16.9 Å². The van der Waals surface area contributed by atoms with Gasteiger partial charge in [-0.15, -0.1) is 12.4 Å². The summed E-state index contributed by atoms with van der Waals surface area (Å²) in [5.41, 5.74) is 5.05. The molecule has 0 aliphatic heterocycles. The number of carbonyl (C=O) groups excluding carboxylic acids is 1. The topological polar surface area (TPSA) is 68.0 Å². The number of anilines is 1. The minimum atomic E-state index is -0.389. The molecule has 0 spiro atoms. The fourth-order valence-corrected chi connectivity index (χ4v) is 0.741. The number of primary amides is 1. The molecule has 1 aromatic rings. The summed E-state index contributed by atoms with van der Waals surface area (Å²) in [6, 6.07) is 5.03. The van der Waals surface area contributed by atoms with Gasteiger partial charge in [-0.2, -0.15) is 0 Å². The predicted molar refractivity (Wildman–Crippen MR) is 53.8 cm³/mol. The summed E-state index contributed by atoms with van der Waals surface area (Å²) >= 11 is 0. The molecule has 13 heavy (non-hydrogen) atoms. The highest BCUT2D eigenvalue weighted by Crippen LogP contribution is 2.01. The van der Waals surface area contributed by atoms with Gasteiger partial charge in [0.15, 0.2) is 0 Å². The van der Waals surface area contributed by atoms with Crippen molar-refractivity contribution in [3.05, 3.63) is 24.4 Å². The second-order valence-electron chi connectivity index (χ2n) is 2.48. The smallest absolute Gasteiger partial charge is 0.239 e.